The molecule has 2 aliphatic rings. The smallest absolute Gasteiger partial charge is 0.145 e. The van der Waals surface area contributed by atoms with Gasteiger partial charge in [0.2, 0.25) is 0 Å². The molecule has 2 aliphatic carbocycles. The van der Waals surface area contributed by atoms with Gasteiger partial charge in [-0.2, -0.15) is 0 Å². The van der Waals surface area contributed by atoms with Gasteiger partial charge in [-0.3, -0.25) is 0 Å². The SMILES string of the molecule is c1ccc(N(c2ccccc2)c2cc3c(c4ccccc24)-c2cc4c(cc2C32c3ccccc3-c3ccccc32)cc(N(c2ccccc2)c2ccccc2)c2c3ccccc3oc42)cc1. The van der Waals surface area contributed by atoms with Gasteiger partial charge in [0.25, 0.3) is 0 Å². The van der Waals surface area contributed by atoms with Gasteiger partial charge in [0.1, 0.15) is 11.2 Å². The summed E-state index contributed by atoms with van der Waals surface area (Å²) in [4.78, 5) is 4.83. The molecule has 3 heteroatoms. The Morgan fingerprint density at radius 1 is 0.318 bits per heavy atom. The molecule has 11 aromatic carbocycles. The van der Waals surface area contributed by atoms with E-state index in [0.29, 0.717) is 0 Å². The van der Waals surface area contributed by atoms with Gasteiger partial charge in [0, 0.05) is 38.9 Å². The number of hydrogen-bond donors (Lipinski definition) is 0. The van der Waals surface area contributed by atoms with Crippen LogP contribution in [0, 0.1) is 0 Å². The molecule has 1 spiro atoms. The van der Waals surface area contributed by atoms with E-state index in [-0.39, 0.29) is 0 Å². The first-order valence-corrected chi connectivity index (χ1v) is 22.8. The van der Waals surface area contributed by atoms with Crippen LogP contribution in [0.2, 0.25) is 0 Å². The van der Waals surface area contributed by atoms with Crippen LogP contribution in [0.4, 0.5) is 34.1 Å². The average molecular weight is 841 g/mol. The van der Waals surface area contributed by atoms with Crippen LogP contribution in [-0.4, -0.2) is 0 Å². The number of nitrogens with zero attached hydrogens (tertiary/aromatic N) is 2. The highest BCUT2D eigenvalue weighted by Crippen LogP contribution is 2.65. The molecule has 0 bridgehead atoms. The molecule has 66 heavy (non-hydrogen) atoms. The molecular formula is C63H40N2O. The van der Waals surface area contributed by atoms with E-state index in [4.69, 9.17) is 4.42 Å². The summed E-state index contributed by atoms with van der Waals surface area (Å²) in [7, 11) is 0. The molecule has 1 heterocycles. The second-order valence-corrected chi connectivity index (χ2v) is 17.5. The number of furan rings is 1. The normalized spacial score (nSPS) is 13.0. The highest BCUT2D eigenvalue weighted by molar-refractivity contribution is 6.23. The van der Waals surface area contributed by atoms with Crippen LogP contribution in [0.3, 0.4) is 0 Å². The van der Waals surface area contributed by atoms with Crippen molar-refractivity contribution in [2.75, 3.05) is 9.80 Å². The van der Waals surface area contributed by atoms with Crippen molar-refractivity contribution in [2.24, 2.45) is 0 Å². The van der Waals surface area contributed by atoms with Crippen LogP contribution in [-0.2, 0) is 5.41 Å². The number of benzene rings is 11. The summed E-state index contributed by atoms with van der Waals surface area (Å²) in [6.45, 7) is 0. The molecule has 3 nitrogen and oxygen atoms in total. The minimum absolute atomic E-state index is 0.620. The van der Waals surface area contributed by atoms with Gasteiger partial charge in [-0.1, -0.05) is 164 Å². The summed E-state index contributed by atoms with van der Waals surface area (Å²) in [5.41, 5.74) is 18.0. The summed E-state index contributed by atoms with van der Waals surface area (Å²) in [5, 5.41) is 6.82. The molecule has 0 N–H and O–H groups in total. The maximum Gasteiger partial charge on any atom is 0.145 e. The molecule has 0 fully saturated rings. The predicted octanol–water partition coefficient (Wildman–Crippen LogP) is 17.2. The van der Waals surface area contributed by atoms with Gasteiger partial charge in [0.15, 0.2) is 0 Å². The zero-order chi connectivity index (χ0) is 43.3. The lowest BCUT2D eigenvalue weighted by atomic mass is 9.70. The fraction of sp³-hybridized carbons (Fsp3) is 0.0159. The first-order valence-electron chi connectivity index (χ1n) is 22.8. The Morgan fingerprint density at radius 3 is 1.36 bits per heavy atom. The third-order valence-corrected chi connectivity index (χ3v) is 14.2. The number of anilines is 6. The van der Waals surface area contributed by atoms with Crippen molar-refractivity contribution in [3.05, 3.63) is 265 Å². The van der Waals surface area contributed by atoms with Gasteiger partial charge < -0.3 is 14.2 Å². The van der Waals surface area contributed by atoms with Crippen LogP contribution >= 0.6 is 0 Å². The third kappa shape index (κ3) is 5.08. The molecule has 0 saturated heterocycles. The van der Waals surface area contributed by atoms with Crippen LogP contribution in [0.25, 0.3) is 65.7 Å². The van der Waals surface area contributed by atoms with Gasteiger partial charge >= 0.3 is 0 Å². The van der Waals surface area contributed by atoms with Gasteiger partial charge in [-0.05, 0) is 134 Å². The molecule has 0 aliphatic heterocycles. The maximum absolute atomic E-state index is 7.11. The van der Waals surface area contributed by atoms with Crippen molar-refractivity contribution < 1.29 is 4.42 Å². The zero-order valence-corrected chi connectivity index (χ0v) is 35.9. The summed E-state index contributed by atoms with van der Waals surface area (Å²) in [6, 6.07) is 88.7. The minimum atomic E-state index is -0.620. The molecule has 0 unspecified atom stereocenters. The molecule has 14 rings (SSSR count). The Balaban J connectivity index is 1.15. The van der Waals surface area contributed by atoms with Crippen LogP contribution in [0.5, 0.6) is 0 Å². The van der Waals surface area contributed by atoms with Crippen molar-refractivity contribution in [3.8, 4) is 22.3 Å². The molecule has 308 valence electrons. The van der Waals surface area contributed by atoms with E-state index < -0.39 is 5.41 Å². The molecule has 12 aromatic rings. The lowest BCUT2D eigenvalue weighted by Crippen LogP contribution is -2.26. The van der Waals surface area contributed by atoms with Crippen LogP contribution in [0.15, 0.2) is 247 Å². The highest BCUT2D eigenvalue weighted by atomic mass is 16.3. The van der Waals surface area contributed by atoms with Crippen molar-refractivity contribution >= 4 is 77.6 Å². The third-order valence-electron chi connectivity index (χ3n) is 14.2. The highest BCUT2D eigenvalue weighted by Gasteiger charge is 2.52. The topological polar surface area (TPSA) is 19.6 Å². The first kappa shape index (κ1) is 36.8. The number of rotatable bonds is 6. The van der Waals surface area contributed by atoms with Crippen LogP contribution in [0.1, 0.15) is 22.3 Å². The number of para-hydroxylation sites is 5. The summed E-state index contributed by atoms with van der Waals surface area (Å²) < 4.78 is 7.11. The molecule has 0 radical (unpaired) electrons. The van der Waals surface area contributed by atoms with E-state index in [0.717, 1.165) is 66.8 Å². The molecule has 0 atom stereocenters. The van der Waals surface area contributed by atoms with Gasteiger partial charge in [-0.15, -0.1) is 0 Å². The van der Waals surface area contributed by atoms with E-state index in [1.807, 2.05) is 0 Å². The van der Waals surface area contributed by atoms with Crippen molar-refractivity contribution in [1.29, 1.82) is 0 Å². The molecule has 0 saturated carbocycles. The molecule has 1 aromatic heterocycles. The van der Waals surface area contributed by atoms with Crippen molar-refractivity contribution in [3.63, 3.8) is 0 Å². The number of hydrogen-bond acceptors (Lipinski definition) is 3. The zero-order valence-electron chi connectivity index (χ0n) is 35.9. The minimum Gasteiger partial charge on any atom is -0.455 e. The van der Waals surface area contributed by atoms with Crippen molar-refractivity contribution in [1.82, 2.24) is 0 Å². The van der Waals surface area contributed by atoms with Gasteiger partial charge in [-0.25, -0.2) is 0 Å². The Labute approximate surface area is 382 Å². The lowest BCUT2D eigenvalue weighted by molar-refractivity contribution is 0.672. The Kier molecular flexibility index (Phi) is 7.90. The summed E-state index contributed by atoms with van der Waals surface area (Å²) >= 11 is 0. The summed E-state index contributed by atoms with van der Waals surface area (Å²) in [6.07, 6.45) is 0. The van der Waals surface area contributed by atoms with Gasteiger partial charge in [0.05, 0.1) is 22.2 Å². The standard InChI is InChI=1S/C63H40N2O/c1-5-21-42(22-6-1)64(43-23-7-2-8-24-43)57-40-56-60(49-32-14-13-31-48(49)57)52-39-51-41(37-55(52)63(56)53-34-18-15-29-46(53)47-30-16-19-35-54(47)63)38-58(61-50-33-17-20-36-59(50)66-62(51)61)65(44-25-9-3-10-26-44)45-27-11-4-12-28-45/h1-40H. The van der Waals surface area contributed by atoms with E-state index in [1.54, 1.807) is 0 Å². The molecule has 0 amide bonds. The van der Waals surface area contributed by atoms with E-state index in [9.17, 15) is 0 Å². The van der Waals surface area contributed by atoms with Crippen molar-refractivity contribution in [2.45, 2.75) is 5.41 Å². The second kappa shape index (κ2) is 14.2. The predicted molar refractivity (Wildman–Crippen MR) is 274 cm³/mol. The van der Waals surface area contributed by atoms with E-state index in [1.165, 1.54) is 55.3 Å². The fourth-order valence-electron chi connectivity index (χ4n) is 11.6. The summed E-state index contributed by atoms with van der Waals surface area (Å²) in [5.74, 6) is 0. The average Bonchev–Trinajstić information content (AvgIpc) is 4.02. The van der Waals surface area contributed by atoms with Crippen LogP contribution < -0.4 is 9.80 Å². The Morgan fingerprint density at radius 2 is 0.788 bits per heavy atom. The Hall–Kier alpha value is -8.66. The second-order valence-electron chi connectivity index (χ2n) is 17.5. The monoisotopic (exact) mass is 840 g/mol. The molecular weight excluding hydrogens is 801 g/mol. The lowest BCUT2D eigenvalue weighted by Gasteiger charge is -2.33. The van der Waals surface area contributed by atoms with E-state index >= 15 is 0 Å². The maximum atomic E-state index is 7.11. The number of fused-ring (bicyclic) bond motifs is 17. The largest absolute Gasteiger partial charge is 0.455 e. The first-order chi connectivity index (χ1) is 32.8. The quantitative estimate of drug-likeness (QED) is 0.166. The van der Waals surface area contributed by atoms with E-state index in [2.05, 4.69) is 252 Å². The Bertz CT molecular complexity index is 3750. The fourth-order valence-corrected chi connectivity index (χ4v) is 11.6.